The maximum absolute atomic E-state index is 13.0. The van der Waals surface area contributed by atoms with E-state index in [2.05, 4.69) is 0 Å². The number of esters is 1. The lowest BCUT2D eigenvalue weighted by atomic mass is 10.0. The van der Waals surface area contributed by atoms with Crippen molar-refractivity contribution in [2.45, 2.75) is 0 Å². The first-order valence-electron chi connectivity index (χ1n) is 8.36. The Kier molecular flexibility index (Phi) is 5.69. The van der Waals surface area contributed by atoms with Crippen LogP contribution in [0.3, 0.4) is 0 Å². The molecule has 3 aromatic rings. The van der Waals surface area contributed by atoms with E-state index in [0.717, 1.165) is 0 Å². The fourth-order valence-electron chi connectivity index (χ4n) is 2.53. The number of rotatable bonds is 6. The molecule has 0 N–H and O–H groups in total. The molecule has 0 aliphatic heterocycles. The molecule has 0 saturated carbocycles. The molecular weight excluding hydrogens is 363 g/mol. The molecule has 0 unspecified atom stereocenters. The molecule has 0 saturated heterocycles. The van der Waals surface area contributed by atoms with Gasteiger partial charge in [0, 0.05) is 17.2 Å². The quantitative estimate of drug-likeness (QED) is 0.363. The number of halogens is 1. The van der Waals surface area contributed by atoms with Gasteiger partial charge in [0.1, 0.15) is 23.1 Å². The van der Waals surface area contributed by atoms with Crippen LogP contribution in [0.25, 0.3) is 0 Å². The first kappa shape index (κ1) is 19.1. The molecule has 0 aliphatic carbocycles. The van der Waals surface area contributed by atoms with Gasteiger partial charge >= 0.3 is 5.97 Å². The van der Waals surface area contributed by atoms with E-state index < -0.39 is 11.8 Å². The van der Waals surface area contributed by atoms with E-state index >= 15 is 0 Å². The molecule has 3 rings (SSSR count). The molecule has 0 aliphatic rings. The highest BCUT2D eigenvalue weighted by Gasteiger charge is 2.14. The molecule has 28 heavy (non-hydrogen) atoms. The highest BCUT2D eigenvalue weighted by Crippen LogP contribution is 2.24. The van der Waals surface area contributed by atoms with Gasteiger partial charge in [0.25, 0.3) is 0 Å². The second kappa shape index (κ2) is 8.35. The SMILES string of the molecule is COc1cc(OC)cc(C(=O)Oc2ccc(C(=O)c3ccc(F)cc3)cc2)c1. The van der Waals surface area contributed by atoms with Crippen molar-refractivity contribution in [3.8, 4) is 17.2 Å². The number of ether oxygens (including phenoxy) is 3. The van der Waals surface area contributed by atoms with Crippen molar-refractivity contribution >= 4 is 11.8 Å². The van der Waals surface area contributed by atoms with Gasteiger partial charge in [-0.2, -0.15) is 0 Å². The van der Waals surface area contributed by atoms with E-state index in [1.807, 2.05) is 0 Å². The Hall–Kier alpha value is -3.67. The highest BCUT2D eigenvalue weighted by atomic mass is 19.1. The predicted octanol–water partition coefficient (Wildman–Crippen LogP) is 4.29. The number of carbonyl (C=O) groups is 2. The van der Waals surface area contributed by atoms with Crippen molar-refractivity contribution < 1.29 is 28.2 Å². The number of ketones is 1. The summed E-state index contributed by atoms with van der Waals surface area (Å²) in [5.41, 5.74) is 1.03. The lowest BCUT2D eigenvalue weighted by molar-refractivity contribution is 0.0734. The van der Waals surface area contributed by atoms with Gasteiger partial charge in [-0.15, -0.1) is 0 Å². The van der Waals surface area contributed by atoms with Gasteiger partial charge in [0.05, 0.1) is 19.8 Å². The van der Waals surface area contributed by atoms with Crippen LogP contribution < -0.4 is 14.2 Å². The van der Waals surface area contributed by atoms with Crippen LogP contribution in [0.1, 0.15) is 26.3 Å². The van der Waals surface area contributed by atoms with Crippen LogP contribution >= 0.6 is 0 Å². The van der Waals surface area contributed by atoms with Crippen LogP contribution in [0.4, 0.5) is 4.39 Å². The standard InChI is InChI=1S/C22H17FO5/c1-26-19-11-16(12-20(13-19)27-2)22(25)28-18-9-5-15(6-10-18)21(24)14-3-7-17(23)8-4-14/h3-13H,1-2H3. The zero-order valence-corrected chi connectivity index (χ0v) is 15.3. The fraction of sp³-hybridized carbons (Fsp3) is 0.0909. The summed E-state index contributed by atoms with van der Waals surface area (Å²) < 4.78 is 28.6. The van der Waals surface area contributed by atoms with Crippen LogP contribution in [0.2, 0.25) is 0 Å². The average Bonchev–Trinajstić information content (AvgIpc) is 2.73. The van der Waals surface area contributed by atoms with Gasteiger partial charge in [-0.1, -0.05) is 0 Å². The van der Waals surface area contributed by atoms with Crippen LogP contribution in [-0.2, 0) is 0 Å². The molecule has 0 fully saturated rings. The van der Waals surface area contributed by atoms with Crippen molar-refractivity contribution in [3.63, 3.8) is 0 Å². The minimum atomic E-state index is -0.588. The monoisotopic (exact) mass is 380 g/mol. The molecule has 0 bridgehead atoms. The number of carbonyl (C=O) groups excluding carboxylic acids is 2. The summed E-state index contributed by atoms with van der Waals surface area (Å²) in [6.07, 6.45) is 0. The lowest BCUT2D eigenvalue weighted by Crippen LogP contribution is -2.09. The molecule has 0 atom stereocenters. The van der Waals surface area contributed by atoms with Gasteiger partial charge in [-0.05, 0) is 60.7 Å². The van der Waals surface area contributed by atoms with Gasteiger partial charge in [0.15, 0.2) is 5.78 Å². The van der Waals surface area contributed by atoms with E-state index in [0.29, 0.717) is 22.6 Å². The Morgan fingerprint density at radius 3 is 1.68 bits per heavy atom. The third kappa shape index (κ3) is 4.35. The number of methoxy groups -OCH3 is 2. The van der Waals surface area contributed by atoms with Crippen molar-refractivity contribution in [1.29, 1.82) is 0 Å². The molecule has 0 heterocycles. The van der Waals surface area contributed by atoms with E-state index in [-0.39, 0.29) is 17.1 Å². The Morgan fingerprint density at radius 2 is 1.18 bits per heavy atom. The second-order valence-corrected chi connectivity index (χ2v) is 5.85. The Labute approximate surface area is 161 Å². The van der Waals surface area contributed by atoms with Crippen LogP contribution in [-0.4, -0.2) is 26.0 Å². The zero-order chi connectivity index (χ0) is 20.1. The molecule has 0 radical (unpaired) electrons. The summed E-state index contributed by atoms with van der Waals surface area (Å²) in [5, 5.41) is 0. The predicted molar refractivity (Wildman–Crippen MR) is 101 cm³/mol. The van der Waals surface area contributed by atoms with Crippen LogP contribution in [0.5, 0.6) is 17.2 Å². The summed E-state index contributed by atoms with van der Waals surface area (Å²) in [5.74, 6) is -0.0428. The third-order valence-corrected chi connectivity index (χ3v) is 4.02. The maximum Gasteiger partial charge on any atom is 0.343 e. The third-order valence-electron chi connectivity index (χ3n) is 4.02. The van der Waals surface area contributed by atoms with Gasteiger partial charge in [0.2, 0.25) is 0 Å². The Morgan fingerprint density at radius 1 is 0.679 bits per heavy atom. The topological polar surface area (TPSA) is 61.8 Å². The number of hydrogen-bond donors (Lipinski definition) is 0. The van der Waals surface area contributed by atoms with Crippen LogP contribution in [0.15, 0.2) is 66.7 Å². The van der Waals surface area contributed by atoms with Crippen molar-refractivity contribution in [3.05, 3.63) is 89.2 Å². The lowest BCUT2D eigenvalue weighted by Gasteiger charge is -2.09. The summed E-state index contributed by atoms with van der Waals surface area (Å²) in [6, 6.07) is 16.1. The second-order valence-electron chi connectivity index (χ2n) is 5.85. The van der Waals surface area contributed by atoms with Crippen molar-refractivity contribution in [2.24, 2.45) is 0 Å². The van der Waals surface area contributed by atoms with E-state index in [1.165, 1.54) is 62.8 Å². The first-order valence-corrected chi connectivity index (χ1v) is 8.36. The molecule has 0 aromatic heterocycles. The molecular formula is C22H17FO5. The minimum absolute atomic E-state index is 0.254. The van der Waals surface area contributed by atoms with Gasteiger partial charge < -0.3 is 14.2 Å². The summed E-state index contributed by atoms with van der Waals surface area (Å²) >= 11 is 0. The first-order chi connectivity index (χ1) is 13.5. The zero-order valence-electron chi connectivity index (χ0n) is 15.3. The summed E-state index contributed by atoms with van der Waals surface area (Å²) in [7, 11) is 2.97. The minimum Gasteiger partial charge on any atom is -0.497 e. The van der Waals surface area contributed by atoms with E-state index in [1.54, 1.807) is 18.2 Å². The van der Waals surface area contributed by atoms with E-state index in [9.17, 15) is 14.0 Å². The highest BCUT2D eigenvalue weighted by molar-refractivity contribution is 6.09. The number of benzene rings is 3. The maximum atomic E-state index is 13.0. The van der Waals surface area contributed by atoms with E-state index in [4.69, 9.17) is 14.2 Å². The summed E-state index contributed by atoms with van der Waals surface area (Å²) in [4.78, 5) is 24.8. The van der Waals surface area contributed by atoms with Crippen LogP contribution in [0, 0.1) is 5.82 Å². The molecule has 0 spiro atoms. The molecule has 0 amide bonds. The van der Waals surface area contributed by atoms with Gasteiger partial charge in [-0.25, -0.2) is 9.18 Å². The normalized spacial score (nSPS) is 10.2. The van der Waals surface area contributed by atoms with Crippen molar-refractivity contribution in [2.75, 3.05) is 14.2 Å². The number of hydrogen-bond acceptors (Lipinski definition) is 5. The van der Waals surface area contributed by atoms with Crippen molar-refractivity contribution in [1.82, 2.24) is 0 Å². The summed E-state index contributed by atoms with van der Waals surface area (Å²) in [6.45, 7) is 0. The molecule has 3 aromatic carbocycles. The Bertz CT molecular complexity index is 972. The largest absolute Gasteiger partial charge is 0.497 e. The fourth-order valence-corrected chi connectivity index (χ4v) is 2.53. The molecule has 6 heteroatoms. The van der Waals surface area contributed by atoms with Gasteiger partial charge in [-0.3, -0.25) is 4.79 Å². The Balaban J connectivity index is 1.74. The average molecular weight is 380 g/mol. The smallest absolute Gasteiger partial charge is 0.343 e. The molecule has 5 nitrogen and oxygen atoms in total. The molecule has 142 valence electrons.